The third-order valence-corrected chi connectivity index (χ3v) is 2.90. The predicted molar refractivity (Wildman–Crippen MR) is 69.4 cm³/mol. The highest BCUT2D eigenvalue weighted by Gasteiger charge is 2.14. The van der Waals surface area contributed by atoms with Crippen LogP contribution in [0.15, 0.2) is 0 Å². The van der Waals surface area contributed by atoms with Gasteiger partial charge in [-0.05, 0) is 38.6 Å². The normalized spacial score (nSPS) is 13.2. The molecule has 1 unspecified atom stereocenters. The lowest BCUT2D eigenvalue weighted by Crippen LogP contribution is -2.46. The molecule has 16 heavy (non-hydrogen) atoms. The molecular formula is C13H28N2O. The smallest absolute Gasteiger partial charge is 0.237 e. The van der Waals surface area contributed by atoms with E-state index in [1.165, 1.54) is 0 Å². The quantitative estimate of drug-likeness (QED) is 0.669. The number of nitrogens with one attached hydrogen (secondary N) is 2. The summed E-state index contributed by atoms with van der Waals surface area (Å²) in [4.78, 5) is 11.8. The predicted octanol–water partition coefficient (Wildman–Crippen LogP) is 2.32. The van der Waals surface area contributed by atoms with Crippen LogP contribution in [0.4, 0.5) is 0 Å². The van der Waals surface area contributed by atoms with Gasteiger partial charge in [0, 0.05) is 6.04 Å². The van der Waals surface area contributed by atoms with Crippen LogP contribution < -0.4 is 10.6 Å². The van der Waals surface area contributed by atoms with Crippen LogP contribution in [0.5, 0.6) is 0 Å². The van der Waals surface area contributed by atoms with E-state index < -0.39 is 0 Å². The molecule has 1 atom stereocenters. The zero-order valence-electron chi connectivity index (χ0n) is 11.5. The Morgan fingerprint density at radius 3 is 2.12 bits per heavy atom. The molecule has 0 heterocycles. The zero-order valence-corrected chi connectivity index (χ0v) is 11.5. The molecule has 1 amide bonds. The van der Waals surface area contributed by atoms with Crippen molar-refractivity contribution < 1.29 is 4.79 Å². The molecule has 0 spiro atoms. The van der Waals surface area contributed by atoms with Crippen molar-refractivity contribution in [1.82, 2.24) is 10.6 Å². The molecule has 0 aromatic carbocycles. The van der Waals surface area contributed by atoms with Crippen LogP contribution in [0.2, 0.25) is 0 Å². The second kappa shape index (κ2) is 8.57. The second-order valence-electron chi connectivity index (χ2n) is 4.88. The summed E-state index contributed by atoms with van der Waals surface area (Å²) in [5.74, 6) is 0.805. The van der Waals surface area contributed by atoms with E-state index in [0.717, 1.165) is 25.8 Å². The van der Waals surface area contributed by atoms with Gasteiger partial charge in [0.1, 0.15) is 0 Å². The minimum Gasteiger partial charge on any atom is -0.352 e. The Morgan fingerprint density at radius 1 is 1.12 bits per heavy atom. The van der Waals surface area contributed by atoms with Gasteiger partial charge in [0.25, 0.3) is 0 Å². The van der Waals surface area contributed by atoms with E-state index in [1.54, 1.807) is 0 Å². The Balaban J connectivity index is 3.80. The molecule has 2 N–H and O–H groups in total. The van der Waals surface area contributed by atoms with Crippen LogP contribution in [0.1, 0.15) is 53.9 Å². The number of carbonyl (C=O) groups is 1. The fourth-order valence-electron chi connectivity index (χ4n) is 1.50. The molecular weight excluding hydrogens is 200 g/mol. The van der Waals surface area contributed by atoms with Gasteiger partial charge >= 0.3 is 0 Å². The van der Waals surface area contributed by atoms with Crippen molar-refractivity contribution in [3.63, 3.8) is 0 Å². The van der Waals surface area contributed by atoms with Crippen LogP contribution >= 0.6 is 0 Å². The Morgan fingerprint density at radius 2 is 1.69 bits per heavy atom. The third-order valence-electron chi connectivity index (χ3n) is 2.90. The molecule has 0 aliphatic rings. The average Bonchev–Trinajstić information content (AvgIpc) is 2.24. The lowest BCUT2D eigenvalue weighted by molar-refractivity contribution is -0.123. The molecule has 0 saturated heterocycles. The molecule has 0 aromatic rings. The maximum absolute atomic E-state index is 11.8. The first kappa shape index (κ1) is 15.4. The van der Waals surface area contributed by atoms with Gasteiger partial charge in [0.05, 0.1) is 6.04 Å². The van der Waals surface area contributed by atoms with Gasteiger partial charge in [-0.3, -0.25) is 4.79 Å². The molecule has 96 valence electrons. The average molecular weight is 228 g/mol. The monoisotopic (exact) mass is 228 g/mol. The fraction of sp³-hybridized carbons (Fsp3) is 0.923. The van der Waals surface area contributed by atoms with Gasteiger partial charge in [0.15, 0.2) is 0 Å². The second-order valence-corrected chi connectivity index (χ2v) is 4.88. The Kier molecular flexibility index (Phi) is 8.26. The summed E-state index contributed by atoms with van der Waals surface area (Å²) in [5.41, 5.74) is 0. The summed E-state index contributed by atoms with van der Waals surface area (Å²) in [6, 6.07) is 0.237. The van der Waals surface area contributed by atoms with Crippen molar-refractivity contribution in [1.29, 1.82) is 0 Å². The maximum Gasteiger partial charge on any atom is 0.237 e. The van der Waals surface area contributed by atoms with Gasteiger partial charge < -0.3 is 10.6 Å². The van der Waals surface area contributed by atoms with Crippen LogP contribution in [0.25, 0.3) is 0 Å². The number of rotatable bonds is 8. The van der Waals surface area contributed by atoms with Crippen molar-refractivity contribution in [3.8, 4) is 0 Å². The Hall–Kier alpha value is -0.570. The summed E-state index contributed by atoms with van der Waals surface area (Å²) in [7, 11) is 0. The summed E-state index contributed by atoms with van der Waals surface area (Å²) in [5, 5.41) is 6.31. The lowest BCUT2D eigenvalue weighted by atomic mass is 10.1. The SMILES string of the molecule is CCC(CC)NC(=O)C(C)NCCC(C)C. The summed E-state index contributed by atoms with van der Waals surface area (Å²) >= 11 is 0. The largest absolute Gasteiger partial charge is 0.352 e. The first-order valence-corrected chi connectivity index (χ1v) is 6.54. The van der Waals surface area contributed by atoms with E-state index in [9.17, 15) is 4.79 Å². The highest BCUT2D eigenvalue weighted by atomic mass is 16.2. The van der Waals surface area contributed by atoms with E-state index >= 15 is 0 Å². The summed E-state index contributed by atoms with van der Waals surface area (Å²) < 4.78 is 0. The van der Waals surface area contributed by atoms with Crippen molar-refractivity contribution in [3.05, 3.63) is 0 Å². The molecule has 0 aromatic heterocycles. The van der Waals surface area contributed by atoms with Crippen molar-refractivity contribution >= 4 is 5.91 Å². The highest BCUT2D eigenvalue weighted by Crippen LogP contribution is 1.99. The first-order chi connectivity index (χ1) is 7.51. The van der Waals surface area contributed by atoms with E-state index in [2.05, 4.69) is 38.3 Å². The summed E-state index contributed by atoms with van der Waals surface area (Å²) in [6.07, 6.45) is 3.12. The van der Waals surface area contributed by atoms with Gasteiger partial charge in [-0.1, -0.05) is 27.7 Å². The topological polar surface area (TPSA) is 41.1 Å². The number of hydrogen-bond acceptors (Lipinski definition) is 2. The van der Waals surface area contributed by atoms with E-state index in [-0.39, 0.29) is 11.9 Å². The van der Waals surface area contributed by atoms with E-state index in [0.29, 0.717) is 12.0 Å². The standard InChI is InChI=1S/C13H28N2O/c1-6-12(7-2)15-13(16)11(5)14-9-8-10(3)4/h10-12,14H,6-9H2,1-5H3,(H,15,16). The molecule has 0 saturated carbocycles. The molecule has 0 bridgehead atoms. The molecule has 0 aliphatic carbocycles. The Bertz CT molecular complexity index is 188. The van der Waals surface area contributed by atoms with E-state index in [4.69, 9.17) is 0 Å². The van der Waals surface area contributed by atoms with E-state index in [1.807, 2.05) is 6.92 Å². The number of carbonyl (C=O) groups excluding carboxylic acids is 1. The number of hydrogen-bond donors (Lipinski definition) is 2. The van der Waals surface area contributed by atoms with Crippen molar-refractivity contribution in [2.45, 2.75) is 66.0 Å². The van der Waals surface area contributed by atoms with Crippen molar-refractivity contribution in [2.75, 3.05) is 6.54 Å². The minimum absolute atomic E-state index is 0.0839. The molecule has 0 fully saturated rings. The fourth-order valence-corrected chi connectivity index (χ4v) is 1.50. The van der Waals surface area contributed by atoms with Crippen LogP contribution in [-0.4, -0.2) is 24.5 Å². The lowest BCUT2D eigenvalue weighted by Gasteiger charge is -2.19. The van der Waals surface area contributed by atoms with Gasteiger partial charge in [-0.25, -0.2) is 0 Å². The van der Waals surface area contributed by atoms with Crippen LogP contribution in [0, 0.1) is 5.92 Å². The molecule has 0 radical (unpaired) electrons. The zero-order chi connectivity index (χ0) is 12.6. The first-order valence-electron chi connectivity index (χ1n) is 6.54. The molecule has 0 aliphatic heterocycles. The van der Waals surface area contributed by atoms with Gasteiger partial charge in [-0.15, -0.1) is 0 Å². The molecule has 3 heteroatoms. The number of amides is 1. The van der Waals surface area contributed by atoms with Gasteiger partial charge in [-0.2, -0.15) is 0 Å². The molecule has 0 rings (SSSR count). The third kappa shape index (κ3) is 6.83. The van der Waals surface area contributed by atoms with Crippen molar-refractivity contribution in [2.24, 2.45) is 5.92 Å². The highest BCUT2D eigenvalue weighted by molar-refractivity contribution is 5.81. The summed E-state index contributed by atoms with van der Waals surface area (Å²) in [6.45, 7) is 11.4. The van der Waals surface area contributed by atoms with Crippen LogP contribution in [-0.2, 0) is 4.79 Å². The van der Waals surface area contributed by atoms with Crippen LogP contribution in [0.3, 0.4) is 0 Å². The minimum atomic E-state index is -0.0839. The maximum atomic E-state index is 11.8. The van der Waals surface area contributed by atoms with Gasteiger partial charge in [0.2, 0.25) is 5.91 Å². The Labute approximate surface area is 100 Å². The molecule has 3 nitrogen and oxygen atoms in total.